The van der Waals surface area contributed by atoms with Gasteiger partial charge in [0.25, 0.3) is 0 Å². The quantitative estimate of drug-likeness (QED) is 0.837. The molecule has 0 aliphatic carbocycles. The van der Waals surface area contributed by atoms with E-state index in [0.717, 1.165) is 19.5 Å². The Morgan fingerprint density at radius 3 is 3.22 bits per heavy atom. The zero-order chi connectivity index (χ0) is 12.8. The third kappa shape index (κ3) is 4.09. The van der Waals surface area contributed by atoms with E-state index in [4.69, 9.17) is 9.84 Å². The Morgan fingerprint density at radius 2 is 2.50 bits per heavy atom. The number of hydrogen-bond donors (Lipinski definition) is 1. The Morgan fingerprint density at radius 1 is 1.61 bits per heavy atom. The van der Waals surface area contributed by atoms with Crippen molar-refractivity contribution in [1.29, 1.82) is 0 Å². The maximum Gasteiger partial charge on any atom is 0.306 e. The van der Waals surface area contributed by atoms with Crippen LogP contribution in [-0.2, 0) is 16.0 Å². The van der Waals surface area contributed by atoms with Gasteiger partial charge in [0.05, 0.1) is 19.1 Å². The van der Waals surface area contributed by atoms with Crippen molar-refractivity contribution in [2.75, 3.05) is 26.2 Å². The fourth-order valence-electron chi connectivity index (χ4n) is 2.13. The van der Waals surface area contributed by atoms with E-state index in [9.17, 15) is 4.79 Å². The lowest BCUT2D eigenvalue weighted by molar-refractivity contribution is -0.142. The molecule has 5 nitrogen and oxygen atoms in total. The number of carboxylic acids is 1. The van der Waals surface area contributed by atoms with Gasteiger partial charge in [-0.2, -0.15) is 0 Å². The highest BCUT2D eigenvalue weighted by atomic mass is 16.5. The van der Waals surface area contributed by atoms with Crippen molar-refractivity contribution in [1.82, 2.24) is 9.88 Å². The fourth-order valence-corrected chi connectivity index (χ4v) is 2.13. The molecule has 1 aliphatic rings. The van der Waals surface area contributed by atoms with Gasteiger partial charge in [-0.3, -0.25) is 14.7 Å². The highest BCUT2D eigenvalue weighted by Crippen LogP contribution is 2.09. The van der Waals surface area contributed by atoms with E-state index in [1.54, 1.807) is 6.20 Å². The summed E-state index contributed by atoms with van der Waals surface area (Å²) in [6.07, 6.45) is 4.48. The van der Waals surface area contributed by atoms with Crippen LogP contribution in [0.1, 0.15) is 12.0 Å². The number of hydrogen-bond acceptors (Lipinski definition) is 4. The van der Waals surface area contributed by atoms with Gasteiger partial charge in [-0.25, -0.2) is 0 Å². The molecule has 18 heavy (non-hydrogen) atoms. The molecule has 0 spiro atoms. The van der Waals surface area contributed by atoms with Crippen LogP contribution in [-0.4, -0.2) is 53.3 Å². The topological polar surface area (TPSA) is 62.7 Å². The van der Waals surface area contributed by atoms with E-state index in [1.165, 1.54) is 5.56 Å². The molecule has 2 heterocycles. The van der Waals surface area contributed by atoms with Crippen molar-refractivity contribution >= 4 is 5.97 Å². The molecule has 1 unspecified atom stereocenters. The minimum atomic E-state index is -0.797. The fraction of sp³-hybridized carbons (Fsp3) is 0.538. The summed E-state index contributed by atoms with van der Waals surface area (Å²) in [6.45, 7) is 3.11. The summed E-state index contributed by atoms with van der Waals surface area (Å²) in [5.74, 6) is -0.797. The summed E-state index contributed by atoms with van der Waals surface area (Å²) >= 11 is 0. The SMILES string of the molecule is O=C(O)CC1CN(CCc2cccnc2)CCO1. The van der Waals surface area contributed by atoms with Crippen LogP contribution in [0.15, 0.2) is 24.5 Å². The van der Waals surface area contributed by atoms with E-state index in [1.807, 2.05) is 12.3 Å². The molecular formula is C13H18N2O3. The zero-order valence-corrected chi connectivity index (χ0v) is 10.3. The average Bonchev–Trinajstić information content (AvgIpc) is 2.37. The molecule has 0 saturated carbocycles. The zero-order valence-electron chi connectivity index (χ0n) is 10.3. The van der Waals surface area contributed by atoms with Crippen molar-refractivity contribution in [3.05, 3.63) is 30.1 Å². The Hall–Kier alpha value is -1.46. The molecule has 1 fully saturated rings. The number of aliphatic carboxylic acids is 1. The molecule has 1 aromatic heterocycles. The normalized spacial score (nSPS) is 20.8. The third-order valence-electron chi connectivity index (χ3n) is 3.06. The maximum absolute atomic E-state index is 10.6. The Labute approximate surface area is 106 Å². The van der Waals surface area contributed by atoms with Crippen molar-refractivity contribution in [2.24, 2.45) is 0 Å². The number of carbonyl (C=O) groups is 1. The van der Waals surface area contributed by atoms with Crippen molar-refractivity contribution < 1.29 is 14.6 Å². The molecule has 0 bridgehead atoms. The first-order valence-corrected chi connectivity index (χ1v) is 6.18. The number of rotatable bonds is 5. The van der Waals surface area contributed by atoms with Gasteiger partial charge in [0, 0.05) is 32.0 Å². The number of pyridine rings is 1. The van der Waals surface area contributed by atoms with Gasteiger partial charge >= 0.3 is 5.97 Å². The van der Waals surface area contributed by atoms with Crippen LogP contribution in [0.2, 0.25) is 0 Å². The lowest BCUT2D eigenvalue weighted by Gasteiger charge is -2.32. The molecule has 98 valence electrons. The van der Waals surface area contributed by atoms with Crippen LogP contribution >= 0.6 is 0 Å². The van der Waals surface area contributed by atoms with Crippen LogP contribution in [0.3, 0.4) is 0 Å². The summed E-state index contributed by atoms with van der Waals surface area (Å²) in [6, 6.07) is 3.99. The number of carboxylic acid groups (broad SMARTS) is 1. The average molecular weight is 250 g/mol. The lowest BCUT2D eigenvalue weighted by atomic mass is 10.1. The standard InChI is InChI=1S/C13H18N2O3/c16-13(17)8-12-10-15(6-7-18-12)5-3-11-2-1-4-14-9-11/h1-2,4,9,12H,3,5-8,10H2,(H,16,17). The first-order chi connectivity index (χ1) is 8.74. The molecule has 1 aliphatic heterocycles. The second-order valence-electron chi connectivity index (χ2n) is 4.50. The molecule has 1 atom stereocenters. The smallest absolute Gasteiger partial charge is 0.306 e. The number of ether oxygens (including phenoxy) is 1. The number of aromatic nitrogens is 1. The molecule has 1 saturated heterocycles. The highest BCUT2D eigenvalue weighted by molar-refractivity contribution is 5.67. The Balaban J connectivity index is 1.77. The van der Waals surface area contributed by atoms with Crippen LogP contribution in [0.5, 0.6) is 0 Å². The summed E-state index contributed by atoms with van der Waals surface area (Å²) in [7, 11) is 0. The Kier molecular flexibility index (Phi) is 4.66. The minimum Gasteiger partial charge on any atom is -0.481 e. The van der Waals surface area contributed by atoms with E-state index in [2.05, 4.69) is 16.0 Å². The largest absolute Gasteiger partial charge is 0.481 e. The monoisotopic (exact) mass is 250 g/mol. The summed E-state index contributed by atoms with van der Waals surface area (Å²) in [5.41, 5.74) is 1.21. The van der Waals surface area contributed by atoms with Gasteiger partial charge < -0.3 is 9.84 Å². The maximum atomic E-state index is 10.6. The third-order valence-corrected chi connectivity index (χ3v) is 3.06. The van der Waals surface area contributed by atoms with Crippen LogP contribution in [0.25, 0.3) is 0 Å². The van der Waals surface area contributed by atoms with Gasteiger partial charge in [-0.1, -0.05) is 6.07 Å². The molecule has 0 aromatic carbocycles. The summed E-state index contributed by atoms with van der Waals surface area (Å²) in [5, 5.41) is 8.75. The van der Waals surface area contributed by atoms with Crippen LogP contribution in [0.4, 0.5) is 0 Å². The number of morpholine rings is 1. The predicted molar refractivity (Wildman–Crippen MR) is 66.4 cm³/mol. The van der Waals surface area contributed by atoms with E-state index in [-0.39, 0.29) is 12.5 Å². The minimum absolute atomic E-state index is 0.0867. The predicted octanol–water partition coefficient (Wildman–Crippen LogP) is 0.800. The van der Waals surface area contributed by atoms with Gasteiger partial charge in [0.1, 0.15) is 0 Å². The molecule has 1 N–H and O–H groups in total. The van der Waals surface area contributed by atoms with Crippen molar-refractivity contribution in [3.8, 4) is 0 Å². The van der Waals surface area contributed by atoms with Gasteiger partial charge in [-0.15, -0.1) is 0 Å². The van der Waals surface area contributed by atoms with Crippen molar-refractivity contribution in [3.63, 3.8) is 0 Å². The summed E-state index contributed by atoms with van der Waals surface area (Å²) < 4.78 is 5.44. The second kappa shape index (κ2) is 6.47. The molecule has 0 radical (unpaired) electrons. The van der Waals surface area contributed by atoms with Gasteiger partial charge in [0.2, 0.25) is 0 Å². The van der Waals surface area contributed by atoms with E-state index >= 15 is 0 Å². The molecule has 5 heteroatoms. The highest BCUT2D eigenvalue weighted by Gasteiger charge is 2.22. The van der Waals surface area contributed by atoms with Crippen LogP contribution in [0, 0.1) is 0 Å². The molecule has 1 aromatic rings. The van der Waals surface area contributed by atoms with E-state index in [0.29, 0.717) is 13.2 Å². The summed E-state index contributed by atoms with van der Waals surface area (Å²) in [4.78, 5) is 17.0. The number of nitrogens with zero attached hydrogens (tertiary/aromatic N) is 2. The van der Waals surface area contributed by atoms with Gasteiger partial charge in [0.15, 0.2) is 0 Å². The first-order valence-electron chi connectivity index (χ1n) is 6.18. The molecular weight excluding hydrogens is 232 g/mol. The lowest BCUT2D eigenvalue weighted by Crippen LogP contribution is -2.44. The van der Waals surface area contributed by atoms with Crippen molar-refractivity contribution in [2.45, 2.75) is 18.9 Å². The first kappa shape index (κ1) is 13.0. The Bertz CT molecular complexity index is 383. The van der Waals surface area contributed by atoms with E-state index < -0.39 is 5.97 Å². The molecule has 2 rings (SSSR count). The van der Waals surface area contributed by atoms with Gasteiger partial charge in [-0.05, 0) is 18.1 Å². The molecule has 0 amide bonds. The second-order valence-corrected chi connectivity index (χ2v) is 4.50. The van der Waals surface area contributed by atoms with Crippen LogP contribution < -0.4 is 0 Å².